The first-order valence-electron chi connectivity index (χ1n) is 6.39. The molecular weight excluding hydrogens is 356 g/mol. The van der Waals surface area contributed by atoms with E-state index in [2.05, 4.69) is 33.0 Å². The molecule has 0 bridgehead atoms. The Kier molecular flexibility index (Phi) is 3.83. The van der Waals surface area contributed by atoms with E-state index in [1.165, 1.54) is 12.8 Å². The van der Waals surface area contributed by atoms with Gasteiger partial charge in [-0.15, -0.1) is 0 Å². The minimum Gasteiger partial charge on any atom is -0.310 e. The summed E-state index contributed by atoms with van der Waals surface area (Å²) in [5.74, 6) is -0.166. The van der Waals surface area contributed by atoms with Crippen molar-refractivity contribution in [2.24, 2.45) is 0 Å². The average molecular weight is 371 g/mol. The van der Waals surface area contributed by atoms with Crippen LogP contribution in [-0.4, -0.2) is 15.8 Å². The third-order valence-corrected chi connectivity index (χ3v) is 3.77. The molecule has 1 saturated carbocycles. The van der Waals surface area contributed by atoms with Crippen molar-refractivity contribution in [3.8, 4) is 0 Å². The van der Waals surface area contributed by atoms with Crippen molar-refractivity contribution in [2.45, 2.75) is 32.0 Å². The van der Waals surface area contributed by atoms with Gasteiger partial charge in [0.15, 0.2) is 0 Å². The van der Waals surface area contributed by atoms with Crippen LogP contribution in [0.15, 0.2) is 30.6 Å². The lowest BCUT2D eigenvalue weighted by Crippen LogP contribution is -2.15. The SMILES string of the molecule is Fc1ccc(CNC2CC2)cc1Cn1cc(I)cn1. The first kappa shape index (κ1) is 13.1. The predicted molar refractivity (Wildman–Crippen MR) is 80.3 cm³/mol. The summed E-state index contributed by atoms with van der Waals surface area (Å²) in [6.07, 6.45) is 6.21. The largest absolute Gasteiger partial charge is 0.310 e. The Morgan fingerprint density at radius 2 is 2.26 bits per heavy atom. The van der Waals surface area contributed by atoms with Gasteiger partial charge in [-0.05, 0) is 53.1 Å². The second kappa shape index (κ2) is 5.58. The van der Waals surface area contributed by atoms with E-state index in [0.717, 1.165) is 15.7 Å². The van der Waals surface area contributed by atoms with Crippen LogP contribution in [0.25, 0.3) is 0 Å². The normalized spacial score (nSPS) is 14.8. The number of hydrogen-bond donors (Lipinski definition) is 1. The second-order valence-corrected chi connectivity index (χ2v) is 6.18. The second-order valence-electron chi connectivity index (χ2n) is 4.94. The maximum Gasteiger partial charge on any atom is 0.128 e. The van der Waals surface area contributed by atoms with Gasteiger partial charge in [0.25, 0.3) is 0 Å². The van der Waals surface area contributed by atoms with Gasteiger partial charge < -0.3 is 5.32 Å². The number of hydrogen-bond acceptors (Lipinski definition) is 2. The predicted octanol–water partition coefficient (Wildman–Crippen LogP) is 2.93. The van der Waals surface area contributed by atoms with Crippen LogP contribution >= 0.6 is 22.6 Å². The van der Waals surface area contributed by atoms with Gasteiger partial charge in [-0.3, -0.25) is 4.68 Å². The van der Waals surface area contributed by atoms with E-state index >= 15 is 0 Å². The summed E-state index contributed by atoms with van der Waals surface area (Å²) in [5.41, 5.74) is 1.82. The Hall–Kier alpha value is -0.950. The van der Waals surface area contributed by atoms with Crippen molar-refractivity contribution >= 4 is 22.6 Å². The van der Waals surface area contributed by atoms with E-state index in [1.54, 1.807) is 16.9 Å². The number of nitrogens with zero attached hydrogens (tertiary/aromatic N) is 2. The van der Waals surface area contributed by atoms with Gasteiger partial charge >= 0.3 is 0 Å². The Labute approximate surface area is 125 Å². The molecule has 1 aliphatic carbocycles. The van der Waals surface area contributed by atoms with Crippen molar-refractivity contribution in [1.29, 1.82) is 0 Å². The molecule has 2 aromatic rings. The molecule has 0 atom stereocenters. The zero-order valence-electron chi connectivity index (χ0n) is 10.4. The molecular formula is C14H15FIN3. The quantitative estimate of drug-likeness (QED) is 0.820. The van der Waals surface area contributed by atoms with Gasteiger partial charge in [0, 0.05) is 24.3 Å². The number of aromatic nitrogens is 2. The summed E-state index contributed by atoms with van der Waals surface area (Å²) in [4.78, 5) is 0. The number of benzene rings is 1. The van der Waals surface area contributed by atoms with E-state index in [0.29, 0.717) is 18.2 Å². The van der Waals surface area contributed by atoms with Gasteiger partial charge in [-0.25, -0.2) is 4.39 Å². The molecule has 1 aliphatic rings. The molecule has 3 nitrogen and oxygen atoms in total. The average Bonchev–Trinajstić information content (AvgIpc) is 3.13. The highest BCUT2D eigenvalue weighted by Gasteiger charge is 2.20. The summed E-state index contributed by atoms with van der Waals surface area (Å²) in [5, 5.41) is 7.63. The maximum atomic E-state index is 13.8. The minimum absolute atomic E-state index is 0.166. The van der Waals surface area contributed by atoms with Gasteiger partial charge in [0.05, 0.1) is 16.3 Å². The van der Waals surface area contributed by atoms with Gasteiger partial charge in [0.1, 0.15) is 5.82 Å². The highest BCUT2D eigenvalue weighted by molar-refractivity contribution is 14.1. The number of rotatable bonds is 5. The molecule has 0 amide bonds. The van der Waals surface area contributed by atoms with Gasteiger partial charge in [0.2, 0.25) is 0 Å². The zero-order chi connectivity index (χ0) is 13.2. The van der Waals surface area contributed by atoms with Crippen molar-refractivity contribution in [2.75, 3.05) is 0 Å². The van der Waals surface area contributed by atoms with Crippen LogP contribution in [0.2, 0.25) is 0 Å². The van der Waals surface area contributed by atoms with Crippen molar-refractivity contribution in [3.05, 3.63) is 51.1 Å². The molecule has 100 valence electrons. The fraction of sp³-hybridized carbons (Fsp3) is 0.357. The van der Waals surface area contributed by atoms with E-state index in [1.807, 2.05) is 18.3 Å². The number of halogens is 2. The Bertz CT molecular complexity index is 578. The van der Waals surface area contributed by atoms with Crippen molar-refractivity contribution in [1.82, 2.24) is 15.1 Å². The molecule has 0 spiro atoms. The maximum absolute atomic E-state index is 13.8. The fourth-order valence-corrected chi connectivity index (χ4v) is 2.45. The van der Waals surface area contributed by atoms with Crippen LogP contribution < -0.4 is 5.32 Å². The molecule has 1 fully saturated rings. The monoisotopic (exact) mass is 371 g/mol. The summed E-state index contributed by atoms with van der Waals surface area (Å²) in [6.45, 7) is 1.29. The summed E-state index contributed by atoms with van der Waals surface area (Å²) >= 11 is 2.20. The number of nitrogens with one attached hydrogen (secondary N) is 1. The van der Waals surface area contributed by atoms with E-state index in [-0.39, 0.29) is 5.82 Å². The zero-order valence-corrected chi connectivity index (χ0v) is 12.6. The lowest BCUT2D eigenvalue weighted by atomic mass is 10.1. The lowest BCUT2D eigenvalue weighted by Gasteiger charge is -2.08. The highest BCUT2D eigenvalue weighted by atomic mass is 127. The molecule has 0 unspecified atom stereocenters. The fourth-order valence-electron chi connectivity index (χ4n) is 2.01. The first-order chi connectivity index (χ1) is 9.20. The Morgan fingerprint density at radius 1 is 1.42 bits per heavy atom. The van der Waals surface area contributed by atoms with Crippen LogP contribution in [0, 0.1) is 9.39 Å². The van der Waals surface area contributed by atoms with E-state index in [4.69, 9.17) is 0 Å². The molecule has 1 aromatic heterocycles. The Balaban J connectivity index is 1.72. The minimum atomic E-state index is -0.166. The standard InChI is InChI=1S/C14H15FIN3/c15-14-4-1-10(6-17-13-2-3-13)5-11(14)8-19-9-12(16)7-18-19/h1,4-5,7,9,13,17H,2-3,6,8H2. The van der Waals surface area contributed by atoms with E-state index < -0.39 is 0 Å². The third-order valence-electron chi connectivity index (χ3n) is 3.22. The highest BCUT2D eigenvalue weighted by Crippen LogP contribution is 2.20. The summed E-state index contributed by atoms with van der Waals surface area (Å²) in [6, 6.07) is 6.00. The van der Waals surface area contributed by atoms with Crippen LogP contribution in [0.4, 0.5) is 4.39 Å². The van der Waals surface area contributed by atoms with Crippen LogP contribution in [0.3, 0.4) is 0 Å². The smallest absolute Gasteiger partial charge is 0.128 e. The molecule has 3 rings (SSSR count). The van der Waals surface area contributed by atoms with Crippen LogP contribution in [-0.2, 0) is 13.1 Å². The van der Waals surface area contributed by atoms with Crippen molar-refractivity contribution < 1.29 is 4.39 Å². The van der Waals surface area contributed by atoms with Gasteiger partial charge in [-0.1, -0.05) is 6.07 Å². The molecule has 5 heteroatoms. The first-order valence-corrected chi connectivity index (χ1v) is 7.47. The van der Waals surface area contributed by atoms with E-state index in [9.17, 15) is 4.39 Å². The van der Waals surface area contributed by atoms with Crippen molar-refractivity contribution in [3.63, 3.8) is 0 Å². The third kappa shape index (κ3) is 3.54. The Morgan fingerprint density at radius 3 is 2.95 bits per heavy atom. The van der Waals surface area contributed by atoms with Crippen LogP contribution in [0.1, 0.15) is 24.0 Å². The molecule has 1 heterocycles. The summed E-state index contributed by atoms with van der Waals surface area (Å²) in [7, 11) is 0. The molecule has 19 heavy (non-hydrogen) atoms. The van der Waals surface area contributed by atoms with Gasteiger partial charge in [-0.2, -0.15) is 5.10 Å². The molecule has 0 saturated heterocycles. The lowest BCUT2D eigenvalue weighted by molar-refractivity contribution is 0.582. The molecule has 0 radical (unpaired) electrons. The molecule has 1 N–H and O–H groups in total. The van der Waals surface area contributed by atoms with Crippen LogP contribution in [0.5, 0.6) is 0 Å². The molecule has 1 aromatic carbocycles. The topological polar surface area (TPSA) is 29.9 Å². The summed E-state index contributed by atoms with van der Waals surface area (Å²) < 4.78 is 16.6. The molecule has 0 aliphatic heterocycles.